The number of benzene rings is 1. The van der Waals surface area contributed by atoms with E-state index in [1.165, 1.54) is 6.07 Å². The Morgan fingerprint density at radius 3 is 2.38 bits per heavy atom. The summed E-state index contributed by atoms with van der Waals surface area (Å²) in [5, 5.41) is 11.4. The number of rotatable bonds is 5. The van der Waals surface area contributed by atoms with Crippen LogP contribution in [0.1, 0.15) is 0 Å². The van der Waals surface area contributed by atoms with Crippen LogP contribution >= 0.6 is 39.1 Å². The van der Waals surface area contributed by atoms with Crippen LogP contribution in [0.5, 0.6) is 0 Å². The predicted octanol–water partition coefficient (Wildman–Crippen LogP) is 2.16. The van der Waals surface area contributed by atoms with Gasteiger partial charge in [0.2, 0.25) is 5.91 Å². The molecule has 0 atom stereocenters. The van der Waals surface area contributed by atoms with Gasteiger partial charge in [-0.15, -0.1) is 0 Å². The average molecular weight is 399 g/mol. The van der Waals surface area contributed by atoms with Crippen LogP contribution in [0.15, 0.2) is 16.6 Å². The molecule has 0 fully saturated rings. The molecule has 0 saturated carbocycles. The summed E-state index contributed by atoms with van der Waals surface area (Å²) in [4.78, 5) is 34.3. The summed E-state index contributed by atoms with van der Waals surface area (Å²) < 4.78 is 0.534. The molecule has 1 aromatic carbocycles. The Bertz CT molecular complexity index is 581. The van der Waals surface area contributed by atoms with Crippen molar-refractivity contribution in [3.8, 4) is 0 Å². The van der Waals surface area contributed by atoms with Gasteiger partial charge in [-0.25, -0.2) is 4.79 Å². The van der Waals surface area contributed by atoms with E-state index in [9.17, 15) is 14.4 Å². The molecular weight excluding hydrogens is 389 g/mol. The third-order valence-electron chi connectivity index (χ3n) is 2.24. The number of carbonyl (C=O) groups is 3. The largest absolute Gasteiger partial charge is 0.480 e. The van der Waals surface area contributed by atoms with Crippen LogP contribution in [-0.2, 0) is 9.59 Å². The van der Waals surface area contributed by atoms with Gasteiger partial charge in [0.1, 0.15) is 13.1 Å². The van der Waals surface area contributed by atoms with Crippen LogP contribution in [-0.4, -0.2) is 41.0 Å². The molecule has 0 heterocycles. The van der Waals surface area contributed by atoms with Gasteiger partial charge in [0.05, 0.1) is 15.7 Å². The lowest BCUT2D eigenvalue weighted by Gasteiger charge is -2.20. The first-order valence-electron chi connectivity index (χ1n) is 5.42. The topological polar surface area (TPSA) is 113 Å². The summed E-state index contributed by atoms with van der Waals surface area (Å²) >= 11 is 15.0. The molecule has 0 aliphatic heterocycles. The molecule has 0 aliphatic rings. The molecule has 4 N–H and O–H groups in total. The van der Waals surface area contributed by atoms with Crippen molar-refractivity contribution in [2.75, 3.05) is 18.4 Å². The van der Waals surface area contributed by atoms with Gasteiger partial charge >= 0.3 is 12.0 Å². The molecule has 3 amide bonds. The van der Waals surface area contributed by atoms with Crippen LogP contribution in [0.3, 0.4) is 0 Å². The number of hydrogen-bond acceptors (Lipinski definition) is 3. The molecule has 0 aliphatic carbocycles. The second-order valence-electron chi connectivity index (χ2n) is 3.87. The lowest BCUT2D eigenvalue weighted by atomic mass is 10.3. The van der Waals surface area contributed by atoms with Gasteiger partial charge < -0.3 is 21.1 Å². The maximum absolute atomic E-state index is 12.0. The highest BCUT2D eigenvalue weighted by Gasteiger charge is 2.20. The first-order valence-corrected chi connectivity index (χ1v) is 6.96. The Morgan fingerprint density at radius 1 is 1.24 bits per heavy atom. The number of carbonyl (C=O) groups excluding carboxylic acids is 2. The molecule has 0 spiro atoms. The van der Waals surface area contributed by atoms with Gasteiger partial charge in [-0.1, -0.05) is 23.2 Å². The van der Waals surface area contributed by atoms with E-state index in [0.29, 0.717) is 4.47 Å². The molecule has 0 saturated heterocycles. The zero-order chi connectivity index (χ0) is 16.2. The van der Waals surface area contributed by atoms with Crippen molar-refractivity contribution < 1.29 is 19.5 Å². The molecule has 21 heavy (non-hydrogen) atoms. The number of nitrogens with two attached hydrogens (primary N) is 1. The fraction of sp³-hybridized carbons (Fsp3) is 0.182. The maximum atomic E-state index is 12.0. The highest BCUT2D eigenvalue weighted by molar-refractivity contribution is 9.10. The first kappa shape index (κ1) is 17.5. The zero-order valence-electron chi connectivity index (χ0n) is 10.4. The van der Waals surface area contributed by atoms with Gasteiger partial charge in [0.25, 0.3) is 0 Å². The number of carboxylic acid groups (broad SMARTS) is 1. The predicted molar refractivity (Wildman–Crippen MR) is 81.6 cm³/mol. The van der Waals surface area contributed by atoms with Crippen molar-refractivity contribution in [2.24, 2.45) is 5.73 Å². The highest BCUT2D eigenvalue weighted by Crippen LogP contribution is 2.35. The number of amides is 3. The van der Waals surface area contributed by atoms with E-state index >= 15 is 0 Å². The van der Waals surface area contributed by atoms with E-state index in [1.807, 2.05) is 0 Å². The van der Waals surface area contributed by atoms with E-state index in [0.717, 1.165) is 4.90 Å². The Kier molecular flexibility index (Phi) is 6.25. The van der Waals surface area contributed by atoms with Crippen molar-refractivity contribution >= 4 is 62.7 Å². The van der Waals surface area contributed by atoms with Gasteiger partial charge in [-0.2, -0.15) is 0 Å². The summed E-state index contributed by atoms with van der Waals surface area (Å²) in [7, 11) is 0. The molecule has 1 aromatic rings. The smallest absolute Gasteiger partial charge is 0.323 e. The number of hydrogen-bond donors (Lipinski definition) is 3. The Hall–Kier alpha value is -1.51. The van der Waals surface area contributed by atoms with Crippen molar-refractivity contribution in [3.63, 3.8) is 0 Å². The third kappa shape index (κ3) is 5.07. The molecule has 0 radical (unpaired) electrons. The van der Waals surface area contributed by atoms with Gasteiger partial charge in [0.15, 0.2) is 0 Å². The second-order valence-corrected chi connectivity index (χ2v) is 5.48. The lowest BCUT2D eigenvalue weighted by Crippen LogP contribution is -2.43. The minimum Gasteiger partial charge on any atom is -0.480 e. The normalized spacial score (nSPS) is 10.0. The number of nitrogens with zero attached hydrogens (tertiary/aromatic N) is 1. The van der Waals surface area contributed by atoms with Crippen molar-refractivity contribution in [2.45, 2.75) is 0 Å². The minimum atomic E-state index is -1.29. The van der Waals surface area contributed by atoms with E-state index in [1.54, 1.807) is 6.07 Å². The van der Waals surface area contributed by atoms with Crippen molar-refractivity contribution in [1.29, 1.82) is 0 Å². The van der Waals surface area contributed by atoms with E-state index in [-0.39, 0.29) is 15.7 Å². The van der Waals surface area contributed by atoms with Crippen molar-refractivity contribution in [1.82, 2.24) is 4.90 Å². The van der Waals surface area contributed by atoms with Crippen LogP contribution in [0.2, 0.25) is 10.0 Å². The van der Waals surface area contributed by atoms with E-state index in [4.69, 9.17) is 34.0 Å². The zero-order valence-corrected chi connectivity index (χ0v) is 13.5. The molecular formula is C11H10BrCl2N3O4. The Morgan fingerprint density at radius 2 is 1.86 bits per heavy atom. The SMILES string of the molecule is NC(=O)CN(CC(=O)O)C(=O)Nc1ccc(Br)c(Cl)c1Cl. The molecule has 1 rings (SSSR count). The maximum Gasteiger partial charge on any atom is 0.323 e. The van der Waals surface area contributed by atoms with E-state index in [2.05, 4.69) is 21.2 Å². The summed E-state index contributed by atoms with van der Waals surface area (Å²) in [5.41, 5.74) is 5.14. The molecule has 7 nitrogen and oxygen atoms in total. The van der Waals surface area contributed by atoms with Crippen LogP contribution < -0.4 is 11.1 Å². The standard InChI is InChI=1S/C11H10BrCl2N3O4/c12-5-1-2-6(10(14)9(5)13)16-11(21)17(3-7(15)18)4-8(19)20/h1-2H,3-4H2,(H2,15,18)(H,16,21)(H,19,20). The van der Waals surface area contributed by atoms with Crippen LogP contribution in [0.4, 0.5) is 10.5 Å². The minimum absolute atomic E-state index is 0.0775. The fourth-order valence-electron chi connectivity index (χ4n) is 1.37. The Labute approximate surface area is 138 Å². The first-order chi connectivity index (χ1) is 9.72. The second kappa shape index (κ2) is 7.48. The molecule has 114 valence electrons. The monoisotopic (exact) mass is 397 g/mol. The number of halogens is 3. The lowest BCUT2D eigenvalue weighted by molar-refractivity contribution is -0.137. The summed E-state index contributed by atoms with van der Waals surface area (Å²) in [6.45, 7) is -1.23. The molecule has 0 aromatic heterocycles. The number of primary amides is 1. The van der Waals surface area contributed by atoms with Gasteiger partial charge in [-0.05, 0) is 28.1 Å². The average Bonchev–Trinajstić information content (AvgIpc) is 2.37. The molecule has 10 heteroatoms. The van der Waals surface area contributed by atoms with Gasteiger partial charge in [0, 0.05) is 4.47 Å². The Balaban J connectivity index is 2.93. The van der Waals surface area contributed by atoms with Crippen LogP contribution in [0, 0.1) is 0 Å². The molecule has 0 unspecified atom stereocenters. The summed E-state index contributed by atoms with van der Waals surface area (Å²) in [6, 6.07) is 2.19. The summed E-state index contributed by atoms with van der Waals surface area (Å²) in [6.07, 6.45) is 0. The number of urea groups is 1. The third-order valence-corrected chi connectivity index (χ3v) is 4.01. The number of carboxylic acids is 1. The van der Waals surface area contributed by atoms with Crippen LogP contribution in [0.25, 0.3) is 0 Å². The highest BCUT2D eigenvalue weighted by atomic mass is 79.9. The number of aliphatic carboxylic acids is 1. The van der Waals surface area contributed by atoms with E-state index < -0.39 is 31.0 Å². The number of anilines is 1. The van der Waals surface area contributed by atoms with Gasteiger partial charge in [-0.3, -0.25) is 9.59 Å². The quantitative estimate of drug-likeness (QED) is 0.659. The number of nitrogens with one attached hydrogen (secondary N) is 1. The molecule has 0 bridgehead atoms. The summed E-state index contributed by atoms with van der Waals surface area (Å²) in [5.74, 6) is -2.13. The fourth-order valence-corrected chi connectivity index (χ4v) is 2.19. The van der Waals surface area contributed by atoms with Crippen molar-refractivity contribution in [3.05, 3.63) is 26.7 Å².